The Morgan fingerprint density at radius 1 is 1.00 bits per heavy atom. The number of methoxy groups -OCH3 is 1. The number of nitrogens with one attached hydrogen (secondary N) is 2. The maximum absolute atomic E-state index is 12.7. The lowest BCUT2D eigenvalue weighted by molar-refractivity contribution is 0.0974. The molecule has 0 radical (unpaired) electrons. The van der Waals surface area contributed by atoms with Gasteiger partial charge in [0.1, 0.15) is 11.3 Å². The van der Waals surface area contributed by atoms with Crippen LogP contribution in [-0.2, 0) is 0 Å². The third-order valence-corrected chi connectivity index (χ3v) is 5.49. The van der Waals surface area contributed by atoms with E-state index >= 15 is 0 Å². The molecule has 4 aromatic rings. The molecular weight excluding hydrogens is 422 g/mol. The van der Waals surface area contributed by atoms with Crippen LogP contribution in [0.15, 0.2) is 59.0 Å². The highest BCUT2D eigenvalue weighted by atomic mass is 32.1. The number of fused-ring (bicyclic) bond motifs is 1. The van der Waals surface area contributed by atoms with Gasteiger partial charge in [0.05, 0.1) is 12.7 Å². The van der Waals surface area contributed by atoms with Crippen LogP contribution in [0.4, 0.5) is 5.69 Å². The van der Waals surface area contributed by atoms with E-state index in [0.29, 0.717) is 34.0 Å². The van der Waals surface area contributed by atoms with Crippen molar-refractivity contribution >= 4 is 40.0 Å². The highest BCUT2D eigenvalue weighted by Crippen LogP contribution is 2.27. The summed E-state index contributed by atoms with van der Waals surface area (Å²) in [4.78, 5) is 17.3. The minimum absolute atomic E-state index is 0.177. The zero-order chi connectivity index (χ0) is 22.8. The van der Waals surface area contributed by atoms with Crippen LogP contribution in [-0.4, -0.2) is 23.1 Å². The minimum atomic E-state index is -0.345. The molecule has 0 aliphatic carbocycles. The number of hydrogen-bond donors (Lipinski definition) is 2. The number of nitrogens with zero attached hydrogens (tertiary/aromatic N) is 1. The number of amides is 1. The summed E-state index contributed by atoms with van der Waals surface area (Å²) >= 11 is 5.33. The zero-order valence-electron chi connectivity index (χ0n) is 18.3. The van der Waals surface area contributed by atoms with E-state index in [1.165, 1.54) is 18.2 Å². The van der Waals surface area contributed by atoms with Crippen LogP contribution < -0.4 is 15.4 Å². The third-order valence-electron chi connectivity index (χ3n) is 5.29. The summed E-state index contributed by atoms with van der Waals surface area (Å²) in [6, 6.07) is 17.0. The Kier molecular flexibility index (Phi) is 5.92. The van der Waals surface area contributed by atoms with Gasteiger partial charge in [-0.2, -0.15) is 0 Å². The quantitative estimate of drug-likeness (QED) is 0.401. The SMILES string of the molecule is COc1c(C)cccc1C(=O)NC(=S)Nc1ccc2oc(-c3ccc(C)c(C)c3)nc2c1. The van der Waals surface area contributed by atoms with Crippen LogP contribution in [0.3, 0.4) is 0 Å². The molecule has 0 fully saturated rings. The zero-order valence-corrected chi connectivity index (χ0v) is 19.1. The monoisotopic (exact) mass is 445 g/mol. The van der Waals surface area contributed by atoms with Crippen molar-refractivity contribution in [3.63, 3.8) is 0 Å². The van der Waals surface area contributed by atoms with Crippen molar-refractivity contribution in [1.29, 1.82) is 0 Å². The molecule has 6 nitrogen and oxygen atoms in total. The van der Waals surface area contributed by atoms with Crippen LogP contribution >= 0.6 is 12.2 Å². The molecular formula is C25H23N3O3S. The number of aryl methyl sites for hydroxylation is 3. The summed E-state index contributed by atoms with van der Waals surface area (Å²) in [7, 11) is 1.54. The lowest BCUT2D eigenvalue weighted by Gasteiger charge is -2.13. The first kappa shape index (κ1) is 21.5. The number of anilines is 1. The Morgan fingerprint density at radius 2 is 1.81 bits per heavy atom. The maximum Gasteiger partial charge on any atom is 0.261 e. The van der Waals surface area contributed by atoms with Gasteiger partial charge in [0.2, 0.25) is 5.89 Å². The van der Waals surface area contributed by atoms with E-state index in [2.05, 4.69) is 41.6 Å². The van der Waals surface area contributed by atoms with E-state index in [4.69, 9.17) is 21.4 Å². The van der Waals surface area contributed by atoms with E-state index < -0.39 is 0 Å². The number of ether oxygens (including phenoxy) is 1. The van der Waals surface area contributed by atoms with E-state index in [9.17, 15) is 4.79 Å². The van der Waals surface area contributed by atoms with Crippen LogP contribution in [0, 0.1) is 20.8 Å². The number of carbonyl (C=O) groups excluding carboxylic acids is 1. The average molecular weight is 446 g/mol. The Bertz CT molecular complexity index is 1340. The topological polar surface area (TPSA) is 76.4 Å². The van der Waals surface area contributed by atoms with E-state index in [1.807, 2.05) is 37.3 Å². The third kappa shape index (κ3) is 4.33. The van der Waals surface area contributed by atoms with Crippen LogP contribution in [0.25, 0.3) is 22.6 Å². The highest BCUT2D eigenvalue weighted by Gasteiger charge is 2.16. The number of benzene rings is 3. The molecule has 0 unspecified atom stereocenters. The number of aromatic nitrogens is 1. The number of para-hydroxylation sites is 1. The second kappa shape index (κ2) is 8.80. The number of thiocarbonyl (C=S) groups is 1. The standard InChI is InChI=1S/C25H23N3O3S/c1-14-8-9-17(12-16(14)3)24-27-20-13-18(10-11-21(20)31-24)26-25(32)28-23(29)19-7-5-6-15(2)22(19)30-4/h5-13H,1-4H3,(H2,26,28,29,32). The molecule has 0 bridgehead atoms. The summed E-state index contributed by atoms with van der Waals surface area (Å²) in [6.45, 7) is 6.01. The molecule has 0 spiro atoms. The van der Waals surface area contributed by atoms with Gasteiger partial charge < -0.3 is 14.5 Å². The number of oxazole rings is 1. The maximum atomic E-state index is 12.7. The second-order valence-corrected chi connectivity index (χ2v) is 7.97. The molecule has 1 aromatic heterocycles. The molecule has 0 aliphatic heterocycles. The Hall–Kier alpha value is -3.71. The van der Waals surface area contributed by atoms with Crippen molar-refractivity contribution in [1.82, 2.24) is 10.3 Å². The summed E-state index contributed by atoms with van der Waals surface area (Å²) < 4.78 is 11.3. The number of hydrogen-bond acceptors (Lipinski definition) is 5. The van der Waals surface area contributed by atoms with Gasteiger partial charge in [0.15, 0.2) is 10.7 Å². The molecule has 162 valence electrons. The molecule has 7 heteroatoms. The van der Waals surface area contributed by atoms with Crippen LogP contribution in [0.2, 0.25) is 0 Å². The van der Waals surface area contributed by atoms with Crippen molar-refractivity contribution in [2.24, 2.45) is 0 Å². The fourth-order valence-electron chi connectivity index (χ4n) is 3.44. The van der Waals surface area contributed by atoms with Crippen molar-refractivity contribution in [3.05, 3.63) is 76.9 Å². The van der Waals surface area contributed by atoms with E-state index in [-0.39, 0.29) is 11.0 Å². The summed E-state index contributed by atoms with van der Waals surface area (Å²) in [5.74, 6) is 0.737. The number of rotatable bonds is 4. The molecule has 0 atom stereocenters. The van der Waals surface area contributed by atoms with Gasteiger partial charge in [-0.15, -0.1) is 0 Å². The largest absolute Gasteiger partial charge is 0.496 e. The molecule has 0 saturated heterocycles. The van der Waals surface area contributed by atoms with Gasteiger partial charge in [-0.25, -0.2) is 4.98 Å². The Morgan fingerprint density at radius 3 is 2.56 bits per heavy atom. The second-order valence-electron chi connectivity index (χ2n) is 7.56. The van der Waals surface area contributed by atoms with Gasteiger partial charge in [-0.3, -0.25) is 10.1 Å². The summed E-state index contributed by atoms with van der Waals surface area (Å²) in [5.41, 5.74) is 6.67. The van der Waals surface area contributed by atoms with Gasteiger partial charge in [-0.1, -0.05) is 18.2 Å². The summed E-state index contributed by atoms with van der Waals surface area (Å²) in [5, 5.41) is 5.90. The molecule has 0 aliphatic rings. The number of carbonyl (C=O) groups is 1. The molecule has 3 aromatic carbocycles. The Labute approximate surface area is 191 Å². The fraction of sp³-hybridized carbons (Fsp3) is 0.160. The predicted octanol–water partition coefficient (Wildman–Crippen LogP) is 5.56. The molecule has 1 amide bonds. The normalized spacial score (nSPS) is 10.8. The first-order chi connectivity index (χ1) is 15.4. The smallest absolute Gasteiger partial charge is 0.261 e. The lowest BCUT2D eigenvalue weighted by Crippen LogP contribution is -2.34. The fourth-order valence-corrected chi connectivity index (χ4v) is 3.65. The van der Waals surface area contributed by atoms with E-state index in [0.717, 1.165) is 11.1 Å². The van der Waals surface area contributed by atoms with Gasteiger partial charge in [-0.05, 0) is 86.1 Å². The van der Waals surface area contributed by atoms with E-state index in [1.54, 1.807) is 12.1 Å². The molecule has 1 heterocycles. The van der Waals surface area contributed by atoms with Crippen molar-refractivity contribution in [2.45, 2.75) is 20.8 Å². The lowest BCUT2D eigenvalue weighted by atomic mass is 10.1. The van der Waals surface area contributed by atoms with Crippen molar-refractivity contribution in [3.8, 4) is 17.2 Å². The minimum Gasteiger partial charge on any atom is -0.496 e. The van der Waals surface area contributed by atoms with Gasteiger partial charge in [0, 0.05) is 11.3 Å². The van der Waals surface area contributed by atoms with Crippen LogP contribution in [0.5, 0.6) is 5.75 Å². The predicted molar refractivity (Wildman–Crippen MR) is 130 cm³/mol. The first-order valence-electron chi connectivity index (χ1n) is 10.1. The molecule has 0 saturated carbocycles. The average Bonchev–Trinajstić information content (AvgIpc) is 3.18. The highest BCUT2D eigenvalue weighted by molar-refractivity contribution is 7.80. The van der Waals surface area contributed by atoms with Gasteiger partial charge in [0.25, 0.3) is 5.91 Å². The van der Waals surface area contributed by atoms with Crippen molar-refractivity contribution < 1.29 is 13.9 Å². The summed E-state index contributed by atoms with van der Waals surface area (Å²) in [6.07, 6.45) is 0. The van der Waals surface area contributed by atoms with Crippen LogP contribution in [0.1, 0.15) is 27.0 Å². The molecule has 2 N–H and O–H groups in total. The van der Waals surface area contributed by atoms with Crippen molar-refractivity contribution in [2.75, 3.05) is 12.4 Å². The first-order valence-corrected chi connectivity index (χ1v) is 10.5. The molecule has 4 rings (SSSR count). The van der Waals surface area contributed by atoms with Gasteiger partial charge >= 0.3 is 0 Å². The molecule has 32 heavy (non-hydrogen) atoms. The Balaban J connectivity index is 1.50.